The Morgan fingerprint density at radius 3 is 2.50 bits per heavy atom. The van der Waals surface area contributed by atoms with E-state index in [1.165, 1.54) is 19.3 Å². The second-order valence-corrected chi connectivity index (χ2v) is 4.53. The molecule has 3 N–H and O–H groups in total. The van der Waals surface area contributed by atoms with Crippen LogP contribution in [0.15, 0.2) is 0 Å². The van der Waals surface area contributed by atoms with Crippen LogP contribution in [0.1, 0.15) is 52.9 Å². The van der Waals surface area contributed by atoms with Crippen molar-refractivity contribution in [1.82, 2.24) is 0 Å². The van der Waals surface area contributed by atoms with Crippen LogP contribution in [0.3, 0.4) is 0 Å². The van der Waals surface area contributed by atoms with Crippen molar-refractivity contribution in [2.75, 3.05) is 0 Å². The highest BCUT2D eigenvalue weighted by Gasteiger charge is 2.29. The van der Waals surface area contributed by atoms with E-state index in [4.69, 9.17) is 10.8 Å². The number of carboxylic acid groups (broad SMARTS) is 1. The summed E-state index contributed by atoms with van der Waals surface area (Å²) in [6.45, 7) is 5.82. The fourth-order valence-electron chi connectivity index (χ4n) is 1.66. The zero-order valence-corrected chi connectivity index (χ0v) is 9.55. The number of carbonyl (C=O) groups is 1. The molecule has 0 aliphatic heterocycles. The Morgan fingerprint density at radius 2 is 2.07 bits per heavy atom. The molecule has 0 aliphatic rings. The molecule has 0 radical (unpaired) electrons. The van der Waals surface area contributed by atoms with E-state index in [1.807, 2.05) is 0 Å². The standard InChI is InChI=1S/C11H23NO2/c1-4-5-6-7-9(2)8-11(3,12)10(13)14/h9H,4-8,12H2,1-3H3,(H,13,14). The van der Waals surface area contributed by atoms with Crippen LogP contribution in [0.25, 0.3) is 0 Å². The minimum absolute atomic E-state index is 0.396. The van der Waals surface area contributed by atoms with Crippen LogP contribution in [0, 0.1) is 5.92 Å². The van der Waals surface area contributed by atoms with Gasteiger partial charge in [-0.2, -0.15) is 0 Å². The Kier molecular flexibility index (Phi) is 5.77. The highest BCUT2D eigenvalue weighted by molar-refractivity contribution is 5.77. The van der Waals surface area contributed by atoms with Gasteiger partial charge in [0.25, 0.3) is 0 Å². The molecule has 0 aromatic heterocycles. The summed E-state index contributed by atoms with van der Waals surface area (Å²) >= 11 is 0. The van der Waals surface area contributed by atoms with Gasteiger partial charge in [0.05, 0.1) is 0 Å². The predicted octanol–water partition coefficient (Wildman–Crippen LogP) is 2.39. The van der Waals surface area contributed by atoms with Crippen molar-refractivity contribution in [1.29, 1.82) is 0 Å². The molecule has 0 rings (SSSR count). The lowest BCUT2D eigenvalue weighted by molar-refractivity contribution is -0.143. The van der Waals surface area contributed by atoms with Crippen LogP contribution in [0.5, 0.6) is 0 Å². The zero-order chi connectivity index (χ0) is 11.2. The van der Waals surface area contributed by atoms with Crippen LogP contribution >= 0.6 is 0 Å². The second-order valence-electron chi connectivity index (χ2n) is 4.53. The first-order chi connectivity index (χ1) is 6.40. The Balaban J connectivity index is 3.81. The lowest BCUT2D eigenvalue weighted by atomic mass is 9.88. The molecule has 3 nitrogen and oxygen atoms in total. The van der Waals surface area contributed by atoms with Gasteiger partial charge in [0.1, 0.15) is 5.54 Å². The van der Waals surface area contributed by atoms with Gasteiger partial charge in [-0.05, 0) is 19.3 Å². The van der Waals surface area contributed by atoms with Crippen LogP contribution in [0.2, 0.25) is 0 Å². The second kappa shape index (κ2) is 6.02. The van der Waals surface area contributed by atoms with Crippen molar-refractivity contribution in [3.8, 4) is 0 Å². The number of unbranched alkanes of at least 4 members (excludes halogenated alkanes) is 2. The van der Waals surface area contributed by atoms with Gasteiger partial charge in [-0.1, -0.05) is 39.5 Å². The maximum absolute atomic E-state index is 10.8. The fraction of sp³-hybridized carbons (Fsp3) is 0.909. The van der Waals surface area contributed by atoms with E-state index in [-0.39, 0.29) is 0 Å². The van der Waals surface area contributed by atoms with Gasteiger partial charge in [-0.25, -0.2) is 0 Å². The van der Waals surface area contributed by atoms with E-state index in [2.05, 4.69) is 13.8 Å². The first kappa shape index (κ1) is 13.4. The zero-order valence-electron chi connectivity index (χ0n) is 9.55. The van der Waals surface area contributed by atoms with Crippen LogP contribution < -0.4 is 5.73 Å². The maximum atomic E-state index is 10.8. The number of rotatable bonds is 7. The average molecular weight is 201 g/mol. The largest absolute Gasteiger partial charge is 0.480 e. The molecule has 0 aromatic carbocycles. The van der Waals surface area contributed by atoms with Gasteiger partial charge < -0.3 is 10.8 Å². The number of carboxylic acids is 1. The summed E-state index contributed by atoms with van der Waals surface area (Å²) < 4.78 is 0. The van der Waals surface area contributed by atoms with E-state index in [1.54, 1.807) is 6.92 Å². The van der Waals surface area contributed by atoms with E-state index >= 15 is 0 Å². The molecule has 0 saturated carbocycles. The molecule has 0 heterocycles. The van der Waals surface area contributed by atoms with Gasteiger partial charge in [0, 0.05) is 0 Å². The Labute approximate surface area is 86.7 Å². The fourth-order valence-corrected chi connectivity index (χ4v) is 1.66. The summed E-state index contributed by atoms with van der Waals surface area (Å²) in [6, 6.07) is 0. The van der Waals surface area contributed by atoms with Gasteiger partial charge in [-0.3, -0.25) is 4.79 Å². The molecular weight excluding hydrogens is 178 g/mol. The molecule has 0 amide bonds. The Morgan fingerprint density at radius 1 is 1.50 bits per heavy atom. The summed E-state index contributed by atoms with van der Waals surface area (Å²) in [4.78, 5) is 10.8. The first-order valence-corrected chi connectivity index (χ1v) is 5.42. The molecule has 0 fully saturated rings. The molecular formula is C11H23NO2. The van der Waals surface area contributed by atoms with Gasteiger partial charge >= 0.3 is 5.97 Å². The molecule has 0 spiro atoms. The molecule has 3 heteroatoms. The quantitative estimate of drug-likeness (QED) is 0.622. The van der Waals surface area contributed by atoms with E-state index in [9.17, 15) is 4.79 Å². The first-order valence-electron chi connectivity index (χ1n) is 5.42. The molecule has 0 saturated heterocycles. The highest BCUT2D eigenvalue weighted by Crippen LogP contribution is 2.19. The molecule has 2 atom stereocenters. The normalized spacial score (nSPS) is 17.4. The summed E-state index contributed by atoms with van der Waals surface area (Å²) in [6.07, 6.45) is 5.23. The monoisotopic (exact) mass is 201 g/mol. The lowest BCUT2D eigenvalue weighted by Crippen LogP contribution is -2.46. The van der Waals surface area contributed by atoms with Gasteiger partial charge in [-0.15, -0.1) is 0 Å². The topological polar surface area (TPSA) is 63.3 Å². The highest BCUT2D eigenvalue weighted by atomic mass is 16.4. The number of hydrogen-bond acceptors (Lipinski definition) is 2. The van der Waals surface area contributed by atoms with Crippen LogP contribution in [-0.2, 0) is 4.79 Å². The van der Waals surface area contributed by atoms with E-state index in [0.717, 1.165) is 6.42 Å². The van der Waals surface area contributed by atoms with Crippen molar-refractivity contribution in [2.24, 2.45) is 11.7 Å². The summed E-state index contributed by atoms with van der Waals surface area (Å²) in [5, 5.41) is 8.84. The summed E-state index contributed by atoms with van der Waals surface area (Å²) in [5.41, 5.74) is 4.60. The van der Waals surface area contributed by atoms with Crippen molar-refractivity contribution in [3.63, 3.8) is 0 Å². The Bertz CT molecular complexity index is 178. The summed E-state index contributed by atoms with van der Waals surface area (Å²) in [5.74, 6) is -0.507. The van der Waals surface area contributed by atoms with Crippen molar-refractivity contribution >= 4 is 5.97 Å². The lowest BCUT2D eigenvalue weighted by Gasteiger charge is -2.23. The SMILES string of the molecule is CCCCCC(C)CC(C)(N)C(=O)O. The van der Waals surface area contributed by atoms with E-state index < -0.39 is 11.5 Å². The van der Waals surface area contributed by atoms with Crippen LogP contribution in [-0.4, -0.2) is 16.6 Å². The number of aliphatic carboxylic acids is 1. The maximum Gasteiger partial charge on any atom is 0.323 e. The Hall–Kier alpha value is -0.570. The van der Waals surface area contributed by atoms with E-state index in [0.29, 0.717) is 12.3 Å². The van der Waals surface area contributed by atoms with Crippen molar-refractivity contribution < 1.29 is 9.90 Å². The van der Waals surface area contributed by atoms with Crippen molar-refractivity contribution in [3.05, 3.63) is 0 Å². The molecule has 0 bridgehead atoms. The third kappa shape index (κ3) is 5.22. The third-order valence-corrected chi connectivity index (χ3v) is 2.56. The number of nitrogens with two attached hydrogens (primary N) is 1. The molecule has 14 heavy (non-hydrogen) atoms. The predicted molar refractivity (Wildman–Crippen MR) is 58.2 cm³/mol. The molecule has 0 aromatic rings. The smallest absolute Gasteiger partial charge is 0.323 e. The minimum atomic E-state index is -1.06. The molecule has 2 unspecified atom stereocenters. The third-order valence-electron chi connectivity index (χ3n) is 2.56. The van der Waals surface area contributed by atoms with Crippen LogP contribution in [0.4, 0.5) is 0 Å². The minimum Gasteiger partial charge on any atom is -0.480 e. The molecule has 0 aliphatic carbocycles. The van der Waals surface area contributed by atoms with Gasteiger partial charge in [0.15, 0.2) is 0 Å². The van der Waals surface area contributed by atoms with Crippen molar-refractivity contribution in [2.45, 2.75) is 58.4 Å². The van der Waals surface area contributed by atoms with Gasteiger partial charge in [0.2, 0.25) is 0 Å². The summed E-state index contributed by atoms with van der Waals surface area (Å²) in [7, 11) is 0. The molecule has 84 valence electrons. The number of hydrogen-bond donors (Lipinski definition) is 2. The average Bonchev–Trinajstić information content (AvgIpc) is 2.03.